The van der Waals surface area contributed by atoms with Gasteiger partial charge in [0.2, 0.25) is 0 Å². The average molecular weight is 957 g/mol. The number of aromatic nitrogens is 2. The summed E-state index contributed by atoms with van der Waals surface area (Å²) in [4.78, 5) is 10.7. The molecule has 0 aliphatic carbocycles. The Balaban J connectivity index is 1.10. The van der Waals surface area contributed by atoms with Crippen molar-refractivity contribution in [2.45, 2.75) is 0 Å². The van der Waals surface area contributed by atoms with Crippen LogP contribution in [0.3, 0.4) is 0 Å². The molecule has 0 bridgehead atoms. The van der Waals surface area contributed by atoms with Crippen molar-refractivity contribution in [2.75, 3.05) is 0 Å². The SMILES string of the molecule is O=P(c1ccc(F)cc1)(c1ccc(F)cc1)c1ccc(-c2cc(-c3ccccc3)nc3c2ccc2c(-c4ccc(P(=O)(c5ccc(F)cc5)c5ccc(F)cc5)cc4)cc(-c4ccccc4)nc23)cc1. The monoisotopic (exact) mass is 956 g/mol. The molecule has 2 aromatic heterocycles. The molecule has 0 fully saturated rings. The zero-order valence-corrected chi connectivity index (χ0v) is 38.8. The van der Waals surface area contributed by atoms with E-state index in [1.165, 1.54) is 97.1 Å². The third-order valence-electron chi connectivity index (χ3n) is 12.7. The van der Waals surface area contributed by atoms with Crippen LogP contribution in [-0.4, -0.2) is 9.97 Å². The summed E-state index contributed by atoms with van der Waals surface area (Å²) in [6.45, 7) is 0. The van der Waals surface area contributed by atoms with Crippen LogP contribution in [0.25, 0.3) is 66.6 Å². The Labute approximate surface area is 401 Å². The van der Waals surface area contributed by atoms with Crippen LogP contribution in [0.5, 0.6) is 0 Å². The lowest BCUT2D eigenvalue weighted by Gasteiger charge is -2.21. The Morgan fingerprint density at radius 3 is 0.814 bits per heavy atom. The van der Waals surface area contributed by atoms with Crippen LogP contribution < -0.4 is 31.8 Å². The lowest BCUT2D eigenvalue weighted by atomic mass is 9.94. The first-order chi connectivity index (χ1) is 34.1. The summed E-state index contributed by atoms with van der Waals surface area (Å²) < 4.78 is 87.3. The molecule has 0 aliphatic rings. The van der Waals surface area contributed by atoms with Gasteiger partial charge in [0.05, 0.1) is 22.4 Å². The fourth-order valence-corrected chi connectivity index (χ4v) is 14.4. The van der Waals surface area contributed by atoms with Crippen molar-refractivity contribution in [3.05, 3.63) is 254 Å². The van der Waals surface area contributed by atoms with Crippen molar-refractivity contribution < 1.29 is 26.7 Å². The van der Waals surface area contributed by atoms with E-state index in [0.717, 1.165) is 44.2 Å². The lowest BCUT2D eigenvalue weighted by Crippen LogP contribution is -2.25. The minimum atomic E-state index is -3.58. The van der Waals surface area contributed by atoms with Crippen molar-refractivity contribution in [1.82, 2.24) is 9.97 Å². The second kappa shape index (κ2) is 18.1. The van der Waals surface area contributed by atoms with E-state index >= 15 is 9.13 Å². The zero-order chi connectivity index (χ0) is 48.0. The number of fused-ring (bicyclic) bond motifs is 3. The van der Waals surface area contributed by atoms with E-state index in [4.69, 9.17) is 9.97 Å². The summed E-state index contributed by atoms with van der Waals surface area (Å²) in [5.41, 5.74) is 7.82. The van der Waals surface area contributed by atoms with Gasteiger partial charge in [0.1, 0.15) is 23.3 Å². The fraction of sp³-hybridized carbons (Fsp3) is 0. The zero-order valence-electron chi connectivity index (χ0n) is 37.1. The fourth-order valence-electron chi connectivity index (χ4n) is 9.17. The van der Waals surface area contributed by atoms with Gasteiger partial charge in [-0.3, -0.25) is 0 Å². The van der Waals surface area contributed by atoms with Gasteiger partial charge < -0.3 is 9.13 Å². The number of rotatable bonds is 10. The number of nitrogens with zero attached hydrogens (tertiary/aromatic N) is 2. The predicted molar refractivity (Wildman–Crippen MR) is 277 cm³/mol. The molecule has 4 nitrogen and oxygen atoms in total. The van der Waals surface area contributed by atoms with Crippen molar-refractivity contribution in [2.24, 2.45) is 0 Å². The molecule has 0 atom stereocenters. The highest BCUT2D eigenvalue weighted by molar-refractivity contribution is 7.85. The van der Waals surface area contributed by atoms with Gasteiger partial charge in [0, 0.05) is 53.7 Å². The number of hydrogen-bond donors (Lipinski definition) is 0. The van der Waals surface area contributed by atoms with Gasteiger partial charge in [-0.05, 0) is 131 Å². The average Bonchev–Trinajstić information content (AvgIpc) is 3.41. The molecule has 0 amide bonds. The molecule has 0 N–H and O–H groups in total. The summed E-state index contributed by atoms with van der Waals surface area (Å²) in [6.07, 6.45) is 0. The van der Waals surface area contributed by atoms with Crippen molar-refractivity contribution in [3.63, 3.8) is 0 Å². The Morgan fingerprint density at radius 2 is 0.543 bits per heavy atom. The maximum absolute atomic E-state index is 15.3. The van der Waals surface area contributed by atoms with Gasteiger partial charge in [0.15, 0.2) is 14.3 Å². The van der Waals surface area contributed by atoms with Crippen LogP contribution in [0.2, 0.25) is 0 Å². The van der Waals surface area contributed by atoms with Crippen molar-refractivity contribution in [1.29, 1.82) is 0 Å². The summed E-state index contributed by atoms with van der Waals surface area (Å²) >= 11 is 0. The van der Waals surface area contributed by atoms with Gasteiger partial charge in [-0.25, -0.2) is 27.5 Å². The lowest BCUT2D eigenvalue weighted by molar-refractivity contribution is 0.591. The standard InChI is InChI=1S/C60H38F4N2O2P2/c61-43-15-27-49(28-16-43)69(67,50-29-17-44(62)18-30-50)47-23-11-39(12-24-47)55-37-57(41-7-3-1-4-8-41)65-59-53(55)35-36-54-56(38-58(66-60(54)59)42-9-5-2-6-10-42)40-13-25-48(26-14-40)70(68,51-31-19-45(63)20-32-51)52-33-21-46(64)22-34-52/h1-38H. The Bertz CT molecular complexity index is 3470. The summed E-state index contributed by atoms with van der Waals surface area (Å²) in [7, 11) is -7.16. The first-order valence-electron chi connectivity index (χ1n) is 22.4. The molecule has 0 unspecified atom stereocenters. The molecular formula is C60H38F4N2O2P2. The van der Waals surface area contributed by atoms with E-state index in [1.807, 2.05) is 133 Å². The normalized spacial score (nSPS) is 11.8. The molecule has 0 spiro atoms. The number of pyridine rings is 2. The van der Waals surface area contributed by atoms with Crippen molar-refractivity contribution in [3.8, 4) is 44.8 Å². The van der Waals surface area contributed by atoms with Crippen molar-refractivity contribution >= 4 is 67.9 Å². The third-order valence-corrected chi connectivity index (χ3v) is 18.9. The van der Waals surface area contributed by atoms with E-state index in [9.17, 15) is 17.6 Å². The molecule has 2 heterocycles. The van der Waals surface area contributed by atoms with Gasteiger partial charge >= 0.3 is 0 Å². The summed E-state index contributed by atoms with van der Waals surface area (Å²) in [5.74, 6) is -1.83. The highest BCUT2D eigenvalue weighted by Gasteiger charge is 2.32. The topological polar surface area (TPSA) is 59.9 Å². The van der Waals surface area contributed by atoms with Gasteiger partial charge in [-0.2, -0.15) is 0 Å². The Hall–Kier alpha value is -8.02. The minimum Gasteiger partial charge on any atom is -0.309 e. The number of benzene rings is 9. The maximum Gasteiger partial charge on any atom is 0.171 e. The van der Waals surface area contributed by atoms with Crippen LogP contribution in [0.4, 0.5) is 17.6 Å². The molecular weight excluding hydrogens is 919 g/mol. The van der Waals surface area contributed by atoms with E-state index in [1.54, 1.807) is 0 Å². The minimum absolute atomic E-state index is 0.418. The highest BCUT2D eigenvalue weighted by atomic mass is 31.2. The molecule has 0 saturated carbocycles. The molecule has 9 aromatic carbocycles. The van der Waals surface area contributed by atoms with Gasteiger partial charge in [-0.15, -0.1) is 0 Å². The van der Waals surface area contributed by atoms with E-state index < -0.39 is 37.6 Å². The molecule has 338 valence electrons. The molecule has 70 heavy (non-hydrogen) atoms. The van der Waals surface area contributed by atoms with E-state index in [0.29, 0.717) is 54.2 Å². The molecule has 11 aromatic rings. The number of hydrogen-bond acceptors (Lipinski definition) is 4. The Kier molecular flexibility index (Phi) is 11.5. The van der Waals surface area contributed by atoms with Gasteiger partial charge in [-0.1, -0.05) is 121 Å². The second-order valence-electron chi connectivity index (χ2n) is 16.9. The largest absolute Gasteiger partial charge is 0.309 e. The highest BCUT2D eigenvalue weighted by Crippen LogP contribution is 2.46. The summed E-state index contributed by atoms with van der Waals surface area (Å²) in [5, 5.41) is 4.30. The van der Waals surface area contributed by atoms with E-state index in [-0.39, 0.29) is 0 Å². The Morgan fingerprint density at radius 1 is 0.286 bits per heavy atom. The van der Waals surface area contributed by atoms with Crippen LogP contribution in [0, 0.1) is 23.3 Å². The number of halogens is 4. The van der Waals surface area contributed by atoms with Crippen LogP contribution in [0.15, 0.2) is 231 Å². The first kappa shape index (κ1) is 44.5. The molecule has 0 aliphatic heterocycles. The second-order valence-corrected chi connectivity index (χ2v) is 22.5. The van der Waals surface area contributed by atoms with Crippen LogP contribution >= 0.6 is 14.3 Å². The molecule has 0 saturated heterocycles. The quantitative estimate of drug-likeness (QED) is 0.0778. The smallest absolute Gasteiger partial charge is 0.171 e. The molecule has 0 radical (unpaired) electrons. The third kappa shape index (κ3) is 8.05. The maximum atomic E-state index is 15.3. The summed E-state index contributed by atoms with van der Waals surface area (Å²) in [6, 6.07) is 65.2. The van der Waals surface area contributed by atoms with E-state index in [2.05, 4.69) is 0 Å². The molecule has 11 rings (SSSR count). The predicted octanol–water partition coefficient (Wildman–Crippen LogP) is 13.3. The van der Waals surface area contributed by atoms with Crippen LogP contribution in [-0.2, 0) is 9.13 Å². The van der Waals surface area contributed by atoms with Crippen LogP contribution in [0.1, 0.15) is 0 Å². The van der Waals surface area contributed by atoms with Gasteiger partial charge in [0.25, 0.3) is 0 Å². The molecule has 10 heteroatoms. The first-order valence-corrected chi connectivity index (χ1v) is 25.8.